The van der Waals surface area contributed by atoms with E-state index in [1.165, 1.54) is 0 Å². The number of esters is 1. The Morgan fingerprint density at radius 3 is 2.79 bits per heavy atom. The SMILES string of the molecule is CCOC(=O)c1cnn(-c2cccc(C)c2)c1CC. The van der Waals surface area contributed by atoms with E-state index in [-0.39, 0.29) is 5.97 Å². The second-order valence-electron chi connectivity index (χ2n) is 4.33. The Labute approximate surface area is 113 Å². The molecule has 0 fully saturated rings. The van der Waals surface area contributed by atoms with E-state index in [9.17, 15) is 4.79 Å². The van der Waals surface area contributed by atoms with Gasteiger partial charge in [-0.25, -0.2) is 9.48 Å². The van der Waals surface area contributed by atoms with E-state index in [1.54, 1.807) is 17.8 Å². The van der Waals surface area contributed by atoms with Crippen molar-refractivity contribution in [3.05, 3.63) is 47.3 Å². The molecule has 0 saturated heterocycles. The lowest BCUT2D eigenvalue weighted by Crippen LogP contribution is -2.09. The number of carbonyl (C=O) groups is 1. The van der Waals surface area contributed by atoms with Crippen molar-refractivity contribution >= 4 is 5.97 Å². The molecule has 100 valence electrons. The van der Waals surface area contributed by atoms with Crippen molar-refractivity contribution in [1.29, 1.82) is 0 Å². The van der Waals surface area contributed by atoms with Gasteiger partial charge in [0.1, 0.15) is 5.56 Å². The lowest BCUT2D eigenvalue weighted by atomic mass is 10.2. The fourth-order valence-corrected chi connectivity index (χ4v) is 2.08. The van der Waals surface area contributed by atoms with Crippen LogP contribution in [0.3, 0.4) is 0 Å². The average Bonchev–Trinajstić information content (AvgIpc) is 2.82. The van der Waals surface area contributed by atoms with Crippen molar-refractivity contribution < 1.29 is 9.53 Å². The van der Waals surface area contributed by atoms with E-state index in [2.05, 4.69) is 5.10 Å². The molecule has 0 bridgehead atoms. The quantitative estimate of drug-likeness (QED) is 0.792. The summed E-state index contributed by atoms with van der Waals surface area (Å²) in [6.45, 7) is 6.21. The van der Waals surface area contributed by atoms with Crippen LogP contribution in [-0.2, 0) is 11.2 Å². The van der Waals surface area contributed by atoms with Crippen LogP contribution in [0, 0.1) is 6.92 Å². The van der Waals surface area contributed by atoms with E-state index < -0.39 is 0 Å². The van der Waals surface area contributed by atoms with E-state index in [0.29, 0.717) is 12.2 Å². The van der Waals surface area contributed by atoms with Gasteiger partial charge in [0.15, 0.2) is 0 Å². The zero-order chi connectivity index (χ0) is 13.8. The first-order valence-corrected chi connectivity index (χ1v) is 6.48. The molecule has 0 spiro atoms. The van der Waals surface area contributed by atoms with Crippen LogP contribution in [0.1, 0.15) is 35.5 Å². The lowest BCUT2D eigenvalue weighted by Gasteiger charge is -2.08. The number of ether oxygens (including phenoxy) is 1. The third kappa shape index (κ3) is 2.67. The Bertz CT molecular complexity index is 588. The molecule has 0 radical (unpaired) electrons. The third-order valence-corrected chi connectivity index (χ3v) is 2.95. The van der Waals surface area contributed by atoms with E-state index in [0.717, 1.165) is 23.4 Å². The topological polar surface area (TPSA) is 44.1 Å². The molecule has 0 amide bonds. The molecule has 0 aliphatic carbocycles. The van der Waals surface area contributed by atoms with Crippen molar-refractivity contribution in [1.82, 2.24) is 9.78 Å². The van der Waals surface area contributed by atoms with Crippen LogP contribution in [0.2, 0.25) is 0 Å². The van der Waals surface area contributed by atoms with Crippen LogP contribution >= 0.6 is 0 Å². The second-order valence-corrected chi connectivity index (χ2v) is 4.33. The summed E-state index contributed by atoms with van der Waals surface area (Å²) >= 11 is 0. The van der Waals surface area contributed by atoms with Gasteiger partial charge < -0.3 is 4.74 Å². The molecule has 0 atom stereocenters. The van der Waals surface area contributed by atoms with Gasteiger partial charge in [-0.2, -0.15) is 5.10 Å². The summed E-state index contributed by atoms with van der Waals surface area (Å²) in [5, 5.41) is 4.32. The summed E-state index contributed by atoms with van der Waals surface area (Å²) in [7, 11) is 0. The maximum absolute atomic E-state index is 11.9. The first-order valence-electron chi connectivity index (χ1n) is 6.48. The van der Waals surface area contributed by atoms with Gasteiger partial charge in [-0.05, 0) is 38.0 Å². The molecule has 2 aromatic rings. The van der Waals surface area contributed by atoms with Crippen LogP contribution < -0.4 is 0 Å². The van der Waals surface area contributed by atoms with Crippen LogP contribution in [-0.4, -0.2) is 22.4 Å². The van der Waals surface area contributed by atoms with Gasteiger partial charge in [-0.3, -0.25) is 0 Å². The van der Waals surface area contributed by atoms with Gasteiger partial charge in [0.05, 0.1) is 24.2 Å². The summed E-state index contributed by atoms with van der Waals surface area (Å²) in [5.74, 6) is -0.307. The first kappa shape index (κ1) is 13.3. The smallest absolute Gasteiger partial charge is 0.341 e. The minimum Gasteiger partial charge on any atom is -0.462 e. The fourth-order valence-electron chi connectivity index (χ4n) is 2.08. The number of benzene rings is 1. The molecule has 1 aromatic heterocycles. The van der Waals surface area contributed by atoms with Gasteiger partial charge in [0.2, 0.25) is 0 Å². The maximum Gasteiger partial charge on any atom is 0.341 e. The number of aryl methyl sites for hydroxylation is 1. The fraction of sp³-hybridized carbons (Fsp3) is 0.333. The highest BCUT2D eigenvalue weighted by molar-refractivity contribution is 5.90. The van der Waals surface area contributed by atoms with Crippen LogP contribution in [0.15, 0.2) is 30.5 Å². The average molecular weight is 258 g/mol. The molecule has 2 rings (SSSR count). The predicted molar refractivity (Wildman–Crippen MR) is 73.6 cm³/mol. The van der Waals surface area contributed by atoms with Crippen LogP contribution in [0.5, 0.6) is 0 Å². The van der Waals surface area contributed by atoms with Crippen molar-refractivity contribution in [2.45, 2.75) is 27.2 Å². The molecule has 0 aliphatic heterocycles. The predicted octanol–water partition coefficient (Wildman–Crippen LogP) is 2.92. The zero-order valence-electron chi connectivity index (χ0n) is 11.5. The second kappa shape index (κ2) is 5.69. The summed E-state index contributed by atoms with van der Waals surface area (Å²) in [6.07, 6.45) is 2.31. The normalized spacial score (nSPS) is 10.5. The summed E-state index contributed by atoms with van der Waals surface area (Å²) in [4.78, 5) is 11.9. The molecule has 1 aromatic carbocycles. The highest BCUT2D eigenvalue weighted by Gasteiger charge is 2.17. The van der Waals surface area contributed by atoms with Crippen LogP contribution in [0.25, 0.3) is 5.69 Å². The van der Waals surface area contributed by atoms with E-state index in [4.69, 9.17) is 4.74 Å². The van der Waals surface area contributed by atoms with Crippen molar-refractivity contribution in [2.24, 2.45) is 0 Å². The number of hydrogen-bond donors (Lipinski definition) is 0. The lowest BCUT2D eigenvalue weighted by molar-refractivity contribution is 0.0525. The first-order chi connectivity index (χ1) is 9.17. The largest absolute Gasteiger partial charge is 0.462 e. The number of carbonyl (C=O) groups excluding carboxylic acids is 1. The highest BCUT2D eigenvalue weighted by atomic mass is 16.5. The molecule has 19 heavy (non-hydrogen) atoms. The van der Waals surface area contributed by atoms with Crippen molar-refractivity contribution in [3.63, 3.8) is 0 Å². The van der Waals surface area contributed by atoms with Gasteiger partial charge >= 0.3 is 5.97 Å². The van der Waals surface area contributed by atoms with Crippen molar-refractivity contribution in [2.75, 3.05) is 6.61 Å². The standard InChI is InChI=1S/C15H18N2O2/c1-4-14-13(15(18)19-5-2)10-16-17(14)12-8-6-7-11(3)9-12/h6-10H,4-5H2,1-3H3. The number of hydrogen-bond acceptors (Lipinski definition) is 3. The van der Waals surface area contributed by atoms with Crippen LogP contribution in [0.4, 0.5) is 0 Å². The molecule has 0 aliphatic rings. The Morgan fingerprint density at radius 1 is 1.37 bits per heavy atom. The van der Waals surface area contributed by atoms with Gasteiger partial charge in [0.25, 0.3) is 0 Å². The molecule has 1 heterocycles. The Kier molecular flexibility index (Phi) is 4.00. The maximum atomic E-state index is 11.9. The van der Waals surface area contributed by atoms with E-state index >= 15 is 0 Å². The van der Waals surface area contributed by atoms with Gasteiger partial charge in [0, 0.05) is 0 Å². The zero-order valence-corrected chi connectivity index (χ0v) is 11.5. The number of nitrogens with zero attached hydrogens (tertiary/aromatic N) is 2. The third-order valence-electron chi connectivity index (χ3n) is 2.95. The molecular weight excluding hydrogens is 240 g/mol. The Morgan fingerprint density at radius 2 is 2.16 bits per heavy atom. The van der Waals surface area contributed by atoms with Gasteiger partial charge in [-0.15, -0.1) is 0 Å². The minimum atomic E-state index is -0.307. The molecule has 0 saturated carbocycles. The number of aromatic nitrogens is 2. The summed E-state index contributed by atoms with van der Waals surface area (Å²) in [6, 6.07) is 8.04. The monoisotopic (exact) mass is 258 g/mol. The molecular formula is C15H18N2O2. The molecule has 4 heteroatoms. The molecule has 0 unspecified atom stereocenters. The summed E-state index contributed by atoms with van der Waals surface area (Å²) in [5.41, 5.74) is 3.55. The number of rotatable bonds is 4. The van der Waals surface area contributed by atoms with Crippen molar-refractivity contribution in [3.8, 4) is 5.69 Å². The Balaban J connectivity index is 2.45. The van der Waals surface area contributed by atoms with Gasteiger partial charge in [-0.1, -0.05) is 19.1 Å². The molecule has 0 N–H and O–H groups in total. The summed E-state index contributed by atoms with van der Waals surface area (Å²) < 4.78 is 6.86. The highest BCUT2D eigenvalue weighted by Crippen LogP contribution is 2.17. The molecule has 4 nitrogen and oxygen atoms in total. The van der Waals surface area contributed by atoms with E-state index in [1.807, 2.05) is 38.1 Å². The Hall–Kier alpha value is -2.10. The minimum absolute atomic E-state index is 0.307.